The van der Waals surface area contributed by atoms with Gasteiger partial charge in [-0.25, -0.2) is 0 Å². The zero-order chi connectivity index (χ0) is 0. The van der Waals surface area contributed by atoms with Crippen LogP contribution in [0.1, 0.15) is 0 Å². The monoisotopic (exact) mass is 200 g/mol. The molecule has 8 heteroatoms. The number of halogens is 6. The fourth-order valence-electron chi connectivity index (χ4n) is 0. The summed E-state index contributed by atoms with van der Waals surface area (Å²) in [6, 6.07) is 0. The van der Waals surface area contributed by atoms with E-state index in [0.717, 1.165) is 0 Å². The van der Waals surface area contributed by atoms with Crippen molar-refractivity contribution in [2.24, 2.45) is 0 Å². The van der Waals surface area contributed by atoms with E-state index in [2.05, 4.69) is 0 Å². The van der Waals surface area contributed by atoms with Gasteiger partial charge in [0.05, 0.1) is 0 Å². The summed E-state index contributed by atoms with van der Waals surface area (Å²) in [5.74, 6) is 0. The number of hydrogen-bond donors (Lipinski definition) is 0. The SMILES string of the molecule is [F-].[F-].[F-].[F-].[F-].[F-].[Ni+2].[Si+4]. The Morgan fingerprint density at radius 1 is 0.375 bits per heavy atom. The number of rotatable bonds is 0. The molecule has 0 spiro atoms. The van der Waals surface area contributed by atoms with Gasteiger partial charge in [-0.3, -0.25) is 0 Å². The molecule has 0 saturated carbocycles. The first-order chi connectivity index (χ1) is 0. The van der Waals surface area contributed by atoms with E-state index in [1.54, 1.807) is 0 Å². The van der Waals surface area contributed by atoms with Gasteiger partial charge in [0.1, 0.15) is 0 Å². The van der Waals surface area contributed by atoms with Crippen molar-refractivity contribution in [3.63, 3.8) is 0 Å². The fraction of sp³-hybridized carbons (Fsp3) is 0. The summed E-state index contributed by atoms with van der Waals surface area (Å²) >= 11 is 0. The Kier molecular flexibility index (Phi) is 2230000. The van der Waals surface area contributed by atoms with Crippen LogP contribution in [0.25, 0.3) is 0 Å². The normalized spacial score (nSPS) is 0. The van der Waals surface area contributed by atoms with E-state index in [4.69, 9.17) is 0 Å². The van der Waals surface area contributed by atoms with E-state index < -0.39 is 0 Å². The molecule has 0 aliphatic rings. The zero-order valence-corrected chi connectivity index (χ0v) is 5.07. The summed E-state index contributed by atoms with van der Waals surface area (Å²) in [6.07, 6.45) is 0. The molecule has 0 heterocycles. The summed E-state index contributed by atoms with van der Waals surface area (Å²) in [7, 11) is 0. The Hall–Kier alpha value is 0.290. The molecule has 0 aromatic heterocycles. The van der Waals surface area contributed by atoms with Gasteiger partial charge < -0.3 is 28.2 Å². The van der Waals surface area contributed by atoms with Crippen molar-refractivity contribution in [2.75, 3.05) is 0 Å². The molecule has 0 radical (unpaired) electrons. The molecule has 0 atom stereocenters. The van der Waals surface area contributed by atoms with Gasteiger partial charge in [0.15, 0.2) is 0 Å². The van der Waals surface area contributed by atoms with Crippen LogP contribution in [0.2, 0.25) is 0 Å². The minimum Gasteiger partial charge on any atom is -1.00 e. The molecule has 0 unspecified atom stereocenters. The average molecular weight is 201 g/mol. The minimum atomic E-state index is 0. The molecule has 0 aromatic rings. The third-order valence-electron chi connectivity index (χ3n) is 0. The molecule has 0 aromatic carbocycles. The largest absolute Gasteiger partial charge is 4.00 e. The maximum Gasteiger partial charge on any atom is 4.00 e. The maximum absolute atomic E-state index is 0. The second-order valence-electron chi connectivity index (χ2n) is 0. The van der Waals surface area contributed by atoms with Crippen LogP contribution in [0, 0.1) is 0 Å². The van der Waals surface area contributed by atoms with Crippen molar-refractivity contribution < 1.29 is 44.7 Å². The molecule has 0 saturated heterocycles. The Labute approximate surface area is 56.6 Å². The van der Waals surface area contributed by atoms with Crippen molar-refractivity contribution in [1.29, 1.82) is 0 Å². The molecule has 0 aliphatic carbocycles. The van der Waals surface area contributed by atoms with Gasteiger partial charge in [0, 0.05) is 0 Å². The van der Waals surface area contributed by atoms with Crippen LogP contribution in [-0.2, 0) is 16.5 Å². The second-order valence-corrected chi connectivity index (χ2v) is 0. The molecule has 0 rings (SSSR count). The first-order valence-electron chi connectivity index (χ1n) is 0. The average Bonchev–Trinajstić information content (AvgIpc) is 0. The molecule has 0 fully saturated rings. The predicted octanol–water partition coefficient (Wildman–Crippen LogP) is -18.4. The zero-order valence-electron chi connectivity index (χ0n) is 3.08. The molecule has 56 valence electrons. The van der Waals surface area contributed by atoms with E-state index in [1.165, 1.54) is 0 Å². The first kappa shape index (κ1) is 5230. The molecule has 0 N–H and O–H groups in total. The quantitative estimate of drug-likeness (QED) is 0.269. The van der Waals surface area contributed by atoms with Crippen LogP contribution in [0.5, 0.6) is 0 Å². The van der Waals surface area contributed by atoms with Crippen molar-refractivity contribution in [1.82, 2.24) is 0 Å². The van der Waals surface area contributed by atoms with Crippen LogP contribution in [0.3, 0.4) is 0 Å². The van der Waals surface area contributed by atoms with Gasteiger partial charge >= 0.3 is 27.5 Å². The fourth-order valence-corrected chi connectivity index (χ4v) is 0. The topological polar surface area (TPSA) is 0 Å². The Morgan fingerprint density at radius 2 is 0.375 bits per heavy atom. The van der Waals surface area contributed by atoms with Gasteiger partial charge in [-0.15, -0.1) is 0 Å². The molecule has 8 heavy (non-hydrogen) atoms. The van der Waals surface area contributed by atoms with Crippen LogP contribution in [0.4, 0.5) is 0 Å². The molecule has 0 nitrogen and oxygen atoms in total. The van der Waals surface area contributed by atoms with E-state index in [0.29, 0.717) is 0 Å². The van der Waals surface area contributed by atoms with Crippen molar-refractivity contribution in [3.05, 3.63) is 0 Å². The van der Waals surface area contributed by atoms with Crippen LogP contribution in [0.15, 0.2) is 0 Å². The van der Waals surface area contributed by atoms with Crippen LogP contribution < -0.4 is 28.2 Å². The van der Waals surface area contributed by atoms with Crippen molar-refractivity contribution >= 4 is 11.0 Å². The smallest absolute Gasteiger partial charge is 1.00 e. The van der Waals surface area contributed by atoms with Crippen LogP contribution >= 0.6 is 0 Å². The van der Waals surface area contributed by atoms with E-state index in [-0.39, 0.29) is 55.7 Å². The molecule has 0 aliphatic heterocycles. The van der Waals surface area contributed by atoms with Crippen molar-refractivity contribution in [2.45, 2.75) is 0 Å². The van der Waals surface area contributed by atoms with Gasteiger partial charge in [0.2, 0.25) is 0 Å². The summed E-state index contributed by atoms with van der Waals surface area (Å²) in [4.78, 5) is 0. The molecule has 0 bridgehead atoms. The summed E-state index contributed by atoms with van der Waals surface area (Å²) in [6.45, 7) is 0. The number of hydrogen-bond acceptors (Lipinski definition) is 0. The Balaban J connectivity index is 0. The third kappa shape index (κ3) is 2090. The maximum atomic E-state index is 0. The summed E-state index contributed by atoms with van der Waals surface area (Å²) in [5, 5.41) is 0. The molecular weight excluding hydrogens is 201 g/mol. The van der Waals surface area contributed by atoms with E-state index >= 15 is 0 Å². The van der Waals surface area contributed by atoms with E-state index in [9.17, 15) is 0 Å². The van der Waals surface area contributed by atoms with Crippen LogP contribution in [-0.4, -0.2) is 11.0 Å². The molecule has 0 amide bonds. The molecular formula is F6NiSi. The van der Waals surface area contributed by atoms with Gasteiger partial charge in [-0.2, -0.15) is 0 Å². The Bertz CT molecular complexity index is 8.49. The van der Waals surface area contributed by atoms with Crippen molar-refractivity contribution in [3.8, 4) is 0 Å². The first-order valence-corrected chi connectivity index (χ1v) is 0. The summed E-state index contributed by atoms with van der Waals surface area (Å²) in [5.41, 5.74) is 0. The van der Waals surface area contributed by atoms with Gasteiger partial charge in [-0.05, 0) is 0 Å². The van der Waals surface area contributed by atoms with E-state index in [1.807, 2.05) is 0 Å². The minimum absolute atomic E-state index is 0. The Morgan fingerprint density at radius 3 is 0.375 bits per heavy atom. The second kappa shape index (κ2) is 3420. The summed E-state index contributed by atoms with van der Waals surface area (Å²) < 4.78 is 0. The van der Waals surface area contributed by atoms with Gasteiger partial charge in [-0.1, -0.05) is 0 Å². The standard InChI is InChI=1S/6FH.Ni.Si/h6*1H;;/q;;;;;;+2;+4/p-6. The third-order valence-corrected chi connectivity index (χ3v) is 0. The predicted molar refractivity (Wildman–Crippen MR) is 5.75 cm³/mol. The van der Waals surface area contributed by atoms with Gasteiger partial charge in [0.25, 0.3) is 0 Å².